The molecule has 3 aromatic rings. The normalized spacial score (nSPS) is 25.6. The van der Waals surface area contributed by atoms with Gasteiger partial charge >= 0.3 is 63.8 Å². The molecule has 0 aromatic heterocycles. The summed E-state index contributed by atoms with van der Waals surface area (Å²) in [4.78, 5) is 0. The van der Waals surface area contributed by atoms with Crippen molar-refractivity contribution >= 4 is 3.71 Å². The Morgan fingerprint density at radius 3 is 1.86 bits per heavy atom. The summed E-state index contributed by atoms with van der Waals surface area (Å²) >= 11 is 1.46. The molecule has 0 radical (unpaired) electrons. The number of halogens is 2. The number of benzene rings is 3. The first-order valence-corrected chi connectivity index (χ1v) is 19.7. The van der Waals surface area contributed by atoms with E-state index in [-0.39, 0.29) is 35.6 Å². The molecule has 4 saturated carbocycles. The molecule has 1 unspecified atom stereocenters. The van der Waals surface area contributed by atoms with Gasteiger partial charge in [-0.25, -0.2) is 5.57 Å². The van der Waals surface area contributed by atoms with Crippen LogP contribution in [-0.2, 0) is 41.5 Å². The van der Waals surface area contributed by atoms with Crippen molar-refractivity contribution in [1.82, 2.24) is 0 Å². The maximum absolute atomic E-state index is 3.57. The topological polar surface area (TPSA) is 0 Å². The molecule has 4 bridgehead atoms. The van der Waals surface area contributed by atoms with Gasteiger partial charge in [0.15, 0.2) is 0 Å². The van der Waals surface area contributed by atoms with E-state index in [2.05, 4.69) is 132 Å². The number of hydrogen-bond donors (Lipinski definition) is 0. The van der Waals surface area contributed by atoms with Gasteiger partial charge in [-0.3, -0.25) is 6.08 Å². The van der Waals surface area contributed by atoms with Crippen LogP contribution in [-0.4, -0.2) is 3.71 Å². The molecule has 3 aromatic carbocycles. The van der Waals surface area contributed by atoms with E-state index in [1.165, 1.54) is 75.2 Å². The molecule has 6 aliphatic carbocycles. The van der Waals surface area contributed by atoms with E-state index in [1.54, 1.807) is 44.1 Å². The molecule has 3 heteroatoms. The van der Waals surface area contributed by atoms with Gasteiger partial charge in [0.1, 0.15) is 0 Å². The predicted octanol–water partition coefficient (Wildman–Crippen LogP) is 5.96. The number of hydrogen-bond acceptors (Lipinski definition) is 0. The second kappa shape index (κ2) is 16.0. The van der Waals surface area contributed by atoms with Crippen LogP contribution in [0.1, 0.15) is 128 Å². The standard InChI is InChI=1S/C21H25.C18H25.C7H6.2ClH.Zr/c1-20(2,3)16-9-7-14-11-15-8-10-17(21(4,5)6)13-19(15)18(14)12-16;1-12-3-13(2)17(4-12)11-18-8-14-5-15(9-18)7-16(6-14)10-18;1-7-5-3-2-4-6-7;;;/h7,9-10,12-13H,11H2,1-6H3;4,12,14-16H,5-11H2,1-2H3;1-6H;2*1H;/q2*-1;;;;+2/p-2. The Morgan fingerprint density at radius 1 is 0.796 bits per heavy atom. The average molecular weight is 771 g/mol. The molecule has 0 heterocycles. The van der Waals surface area contributed by atoms with Crippen LogP contribution in [0.4, 0.5) is 0 Å². The van der Waals surface area contributed by atoms with Gasteiger partial charge in [0.05, 0.1) is 0 Å². The van der Waals surface area contributed by atoms with Gasteiger partial charge < -0.3 is 24.8 Å². The Morgan fingerprint density at radius 2 is 1.37 bits per heavy atom. The molecule has 0 N–H and O–H groups in total. The fourth-order valence-corrected chi connectivity index (χ4v) is 10.0. The van der Waals surface area contributed by atoms with Crippen LogP contribution >= 0.6 is 0 Å². The molecule has 4 fully saturated rings. The summed E-state index contributed by atoms with van der Waals surface area (Å²) < 4.78 is 2.17. The Balaban J connectivity index is 0.000000176. The summed E-state index contributed by atoms with van der Waals surface area (Å²) in [5.41, 5.74) is 13.9. The molecule has 9 rings (SSSR count). The van der Waals surface area contributed by atoms with Crippen LogP contribution in [0.25, 0.3) is 11.1 Å². The molecule has 0 amide bonds. The molecule has 6 aliphatic rings. The first kappa shape index (κ1) is 40.2. The van der Waals surface area contributed by atoms with Gasteiger partial charge in [-0.15, -0.1) is 5.56 Å². The van der Waals surface area contributed by atoms with E-state index in [0.717, 1.165) is 24.2 Å². The average Bonchev–Trinajstić information content (AvgIpc) is 3.53. The Hall–Kier alpha value is -1.53. The fourth-order valence-electron chi connectivity index (χ4n) is 9.54. The molecular weight excluding hydrogens is 715 g/mol. The molecule has 1 atom stereocenters. The first-order chi connectivity index (χ1) is 22.2. The van der Waals surface area contributed by atoms with Crippen molar-refractivity contribution < 1.29 is 49.0 Å². The monoisotopic (exact) mass is 768 g/mol. The number of allylic oxidation sites excluding steroid dienone is 4. The van der Waals surface area contributed by atoms with Gasteiger partial charge in [-0.05, 0) is 79.1 Å². The van der Waals surface area contributed by atoms with Crippen molar-refractivity contribution in [2.45, 2.75) is 118 Å². The minimum atomic E-state index is 0. The summed E-state index contributed by atoms with van der Waals surface area (Å²) in [6.07, 6.45) is 17.8. The van der Waals surface area contributed by atoms with Crippen molar-refractivity contribution in [1.29, 1.82) is 0 Å². The van der Waals surface area contributed by atoms with Gasteiger partial charge in [-0.1, -0.05) is 102 Å². The van der Waals surface area contributed by atoms with E-state index >= 15 is 0 Å². The summed E-state index contributed by atoms with van der Waals surface area (Å²) in [6, 6.07) is 25.4. The summed E-state index contributed by atoms with van der Waals surface area (Å²) in [5.74, 6) is 3.82. The quantitative estimate of drug-likeness (QED) is 0.226. The fraction of sp³-hybridized carbons (Fsp3) is 0.500. The van der Waals surface area contributed by atoms with Crippen molar-refractivity contribution in [3.05, 3.63) is 118 Å². The van der Waals surface area contributed by atoms with Gasteiger partial charge in [0.25, 0.3) is 0 Å². The Kier molecular flexibility index (Phi) is 13.2. The van der Waals surface area contributed by atoms with Crippen LogP contribution in [0.2, 0.25) is 0 Å². The van der Waals surface area contributed by atoms with Gasteiger partial charge in [0, 0.05) is 0 Å². The second-order valence-corrected chi connectivity index (χ2v) is 18.4. The predicted molar refractivity (Wildman–Crippen MR) is 197 cm³/mol. The molecular formula is C46H56Cl2Zr-2. The van der Waals surface area contributed by atoms with E-state index in [0.29, 0.717) is 11.3 Å². The molecule has 0 saturated heterocycles. The summed E-state index contributed by atoms with van der Waals surface area (Å²) in [6.45, 7) is 18.2. The van der Waals surface area contributed by atoms with E-state index in [1.807, 2.05) is 6.07 Å². The van der Waals surface area contributed by atoms with Crippen molar-refractivity contribution in [3.8, 4) is 11.1 Å². The van der Waals surface area contributed by atoms with Crippen LogP contribution in [0.5, 0.6) is 0 Å². The molecule has 49 heavy (non-hydrogen) atoms. The zero-order valence-corrected chi connectivity index (χ0v) is 35.1. The molecule has 260 valence electrons. The van der Waals surface area contributed by atoms with Crippen molar-refractivity contribution in [2.75, 3.05) is 0 Å². The van der Waals surface area contributed by atoms with Crippen molar-refractivity contribution in [2.24, 2.45) is 29.1 Å². The summed E-state index contributed by atoms with van der Waals surface area (Å²) in [5, 5.41) is 0. The minimum absolute atomic E-state index is 0. The number of fused-ring (bicyclic) bond motifs is 3. The number of rotatable bonds is 3. The zero-order valence-electron chi connectivity index (χ0n) is 31.2. The van der Waals surface area contributed by atoms with Crippen LogP contribution < -0.4 is 24.8 Å². The van der Waals surface area contributed by atoms with Crippen LogP contribution in [0.3, 0.4) is 0 Å². The van der Waals surface area contributed by atoms with Crippen molar-refractivity contribution in [3.63, 3.8) is 0 Å². The molecule has 0 nitrogen and oxygen atoms in total. The third kappa shape index (κ3) is 9.48. The Bertz CT molecular complexity index is 1570. The summed E-state index contributed by atoms with van der Waals surface area (Å²) in [7, 11) is 0. The van der Waals surface area contributed by atoms with E-state index in [9.17, 15) is 0 Å². The van der Waals surface area contributed by atoms with Crippen LogP contribution in [0.15, 0.2) is 77.9 Å². The van der Waals surface area contributed by atoms with Crippen LogP contribution in [0, 0.1) is 41.2 Å². The van der Waals surface area contributed by atoms with E-state index in [4.69, 9.17) is 0 Å². The second-order valence-electron chi connectivity index (χ2n) is 17.7. The Labute approximate surface area is 326 Å². The van der Waals surface area contributed by atoms with E-state index < -0.39 is 0 Å². The first-order valence-electron chi connectivity index (χ1n) is 18.3. The zero-order chi connectivity index (χ0) is 33.6. The molecule has 0 aliphatic heterocycles. The maximum atomic E-state index is 3.57. The molecule has 0 spiro atoms. The van der Waals surface area contributed by atoms with Gasteiger partial charge in [-0.2, -0.15) is 41.0 Å². The SMILES string of the molecule is CC(C)(C)c1c[c-]c2c(c1)-c1cc(C(C)(C)C)ccc1C2.CC1=[C-]C(C)C=C1CC12CC3CC(CC(C3)C1)C2.[Cl-].[Cl-].[Zr+2]=[CH]c1ccccc1. The third-order valence-corrected chi connectivity index (χ3v) is 12.4. The third-order valence-electron chi connectivity index (χ3n) is 11.6. The van der Waals surface area contributed by atoms with Gasteiger partial charge in [0.2, 0.25) is 0 Å².